The van der Waals surface area contributed by atoms with Crippen LogP contribution in [0.25, 0.3) is 10.9 Å². The molecule has 116 valence electrons. The first-order valence-corrected chi connectivity index (χ1v) is 7.06. The molecule has 0 aliphatic rings. The van der Waals surface area contributed by atoms with Crippen LogP contribution in [0.15, 0.2) is 57.5 Å². The van der Waals surface area contributed by atoms with Crippen molar-refractivity contribution in [1.82, 2.24) is 4.98 Å². The molecule has 2 N–H and O–H groups in total. The van der Waals surface area contributed by atoms with Crippen LogP contribution < -0.4 is 10.3 Å². The molecule has 0 saturated heterocycles. The molecule has 0 bridgehead atoms. The molecule has 0 unspecified atom stereocenters. The van der Waals surface area contributed by atoms with E-state index in [4.69, 9.17) is 16.3 Å². The maximum atomic E-state index is 12.0. The number of rotatable bonds is 3. The van der Waals surface area contributed by atoms with E-state index in [0.717, 1.165) is 0 Å². The number of nitrogens with one attached hydrogen (secondary N) is 1. The minimum atomic E-state index is -0.533. The maximum absolute atomic E-state index is 12.0. The summed E-state index contributed by atoms with van der Waals surface area (Å²) >= 11 is 5.92. The van der Waals surface area contributed by atoms with Gasteiger partial charge >= 0.3 is 0 Å². The largest absolute Gasteiger partial charge is 0.505 e. The summed E-state index contributed by atoms with van der Waals surface area (Å²) in [6, 6.07) is 11.6. The summed E-state index contributed by atoms with van der Waals surface area (Å²) < 4.78 is 5.05. The highest BCUT2D eigenvalue weighted by atomic mass is 35.5. The van der Waals surface area contributed by atoms with Gasteiger partial charge in [0, 0.05) is 10.4 Å². The molecule has 0 aliphatic heterocycles. The summed E-state index contributed by atoms with van der Waals surface area (Å²) in [6.45, 7) is 0. The second-order valence-electron chi connectivity index (χ2n) is 4.74. The van der Waals surface area contributed by atoms with Crippen molar-refractivity contribution in [2.45, 2.75) is 0 Å². The molecule has 2 aromatic carbocycles. The van der Waals surface area contributed by atoms with Crippen molar-refractivity contribution in [1.29, 1.82) is 0 Å². The number of aromatic amines is 1. The third-order valence-electron chi connectivity index (χ3n) is 3.26. The van der Waals surface area contributed by atoms with Crippen LogP contribution in [0.4, 0.5) is 11.4 Å². The average Bonchev–Trinajstić information content (AvgIpc) is 2.56. The van der Waals surface area contributed by atoms with E-state index in [9.17, 15) is 9.90 Å². The summed E-state index contributed by atoms with van der Waals surface area (Å²) in [7, 11) is 1.56. The lowest BCUT2D eigenvalue weighted by molar-refractivity contribution is 0.415. The molecule has 6 nitrogen and oxygen atoms in total. The second-order valence-corrected chi connectivity index (χ2v) is 5.18. The predicted octanol–water partition coefficient (Wildman–Crippen LogP) is 4.31. The van der Waals surface area contributed by atoms with Crippen LogP contribution >= 0.6 is 11.6 Å². The summed E-state index contributed by atoms with van der Waals surface area (Å²) in [5.74, 6) is 0.425. The van der Waals surface area contributed by atoms with Gasteiger partial charge in [0.15, 0.2) is 11.4 Å². The van der Waals surface area contributed by atoms with E-state index in [0.29, 0.717) is 27.4 Å². The summed E-state index contributed by atoms with van der Waals surface area (Å²) in [5, 5.41) is 18.9. The Labute approximate surface area is 136 Å². The van der Waals surface area contributed by atoms with Gasteiger partial charge in [0.05, 0.1) is 18.3 Å². The lowest BCUT2D eigenvalue weighted by Gasteiger charge is -2.04. The number of nitrogens with zero attached hydrogens (tertiary/aromatic N) is 2. The Morgan fingerprint density at radius 2 is 1.87 bits per heavy atom. The van der Waals surface area contributed by atoms with E-state index in [1.54, 1.807) is 49.6 Å². The van der Waals surface area contributed by atoms with Crippen LogP contribution in [-0.4, -0.2) is 17.2 Å². The first-order chi connectivity index (χ1) is 11.1. The first-order valence-electron chi connectivity index (χ1n) is 6.69. The van der Waals surface area contributed by atoms with E-state index in [1.807, 2.05) is 0 Å². The molecule has 0 spiro atoms. The monoisotopic (exact) mass is 329 g/mol. The maximum Gasteiger partial charge on any atom is 0.280 e. The van der Waals surface area contributed by atoms with Crippen molar-refractivity contribution >= 4 is 33.9 Å². The normalized spacial score (nSPS) is 11.2. The van der Waals surface area contributed by atoms with E-state index >= 15 is 0 Å². The van der Waals surface area contributed by atoms with E-state index in [1.165, 1.54) is 0 Å². The van der Waals surface area contributed by atoms with Gasteiger partial charge in [0.2, 0.25) is 0 Å². The quantitative estimate of drug-likeness (QED) is 0.702. The van der Waals surface area contributed by atoms with E-state index < -0.39 is 5.56 Å². The van der Waals surface area contributed by atoms with Gasteiger partial charge in [0.1, 0.15) is 5.75 Å². The molecular formula is C16H12ClN3O3. The number of benzene rings is 2. The Balaban J connectivity index is 2.04. The zero-order chi connectivity index (χ0) is 16.4. The number of pyridine rings is 1. The zero-order valence-corrected chi connectivity index (χ0v) is 12.8. The van der Waals surface area contributed by atoms with Crippen LogP contribution in [0.1, 0.15) is 0 Å². The predicted molar refractivity (Wildman–Crippen MR) is 88.4 cm³/mol. The minimum Gasteiger partial charge on any atom is -0.505 e. The SMILES string of the molecule is COc1ccc(N=Nc2c(O)c3cc(Cl)ccc3[nH]c2=O)cc1. The average molecular weight is 330 g/mol. The fourth-order valence-electron chi connectivity index (χ4n) is 2.09. The van der Waals surface area contributed by atoms with Crippen molar-refractivity contribution in [2.24, 2.45) is 10.2 Å². The molecule has 0 aliphatic carbocycles. The molecule has 3 aromatic rings. The van der Waals surface area contributed by atoms with Gasteiger partial charge in [0.25, 0.3) is 5.56 Å². The number of hydrogen-bond donors (Lipinski definition) is 2. The van der Waals surface area contributed by atoms with Crippen LogP contribution in [-0.2, 0) is 0 Å². The third-order valence-corrected chi connectivity index (χ3v) is 3.50. The van der Waals surface area contributed by atoms with Gasteiger partial charge < -0.3 is 14.8 Å². The van der Waals surface area contributed by atoms with Crippen molar-refractivity contribution < 1.29 is 9.84 Å². The number of halogens is 1. The Bertz CT molecular complexity index is 949. The molecule has 0 amide bonds. The molecule has 1 heterocycles. The number of ether oxygens (including phenoxy) is 1. The number of azo groups is 1. The van der Waals surface area contributed by atoms with Crippen molar-refractivity contribution in [3.05, 3.63) is 57.8 Å². The standard InChI is InChI=1S/C16H12ClN3O3/c1-23-11-5-3-10(4-6-11)19-20-14-15(21)12-8-9(17)2-7-13(12)18-16(14)22/h2-8H,1H3,(H2,18,21,22). The molecule has 7 heteroatoms. The summed E-state index contributed by atoms with van der Waals surface area (Å²) in [4.78, 5) is 14.7. The number of methoxy groups -OCH3 is 1. The smallest absolute Gasteiger partial charge is 0.280 e. The van der Waals surface area contributed by atoms with Gasteiger partial charge in [-0.2, -0.15) is 5.11 Å². The molecule has 0 saturated carbocycles. The fourth-order valence-corrected chi connectivity index (χ4v) is 2.26. The Kier molecular flexibility index (Phi) is 3.99. The molecule has 0 fully saturated rings. The first kappa shape index (κ1) is 15.1. The molecule has 1 aromatic heterocycles. The minimum absolute atomic E-state index is 0.171. The van der Waals surface area contributed by atoms with Crippen molar-refractivity contribution in [3.63, 3.8) is 0 Å². The van der Waals surface area contributed by atoms with Crippen LogP contribution in [0.3, 0.4) is 0 Å². The number of aromatic nitrogens is 1. The molecule has 0 atom stereocenters. The van der Waals surface area contributed by atoms with Crippen LogP contribution in [0, 0.1) is 0 Å². The summed E-state index contributed by atoms with van der Waals surface area (Å²) in [6.07, 6.45) is 0. The molecule has 0 radical (unpaired) electrons. The third kappa shape index (κ3) is 3.02. The van der Waals surface area contributed by atoms with Gasteiger partial charge in [-0.15, -0.1) is 5.11 Å². The highest BCUT2D eigenvalue weighted by Crippen LogP contribution is 2.32. The van der Waals surface area contributed by atoms with Gasteiger partial charge in [-0.05, 0) is 42.5 Å². The fraction of sp³-hybridized carbons (Fsp3) is 0.0625. The van der Waals surface area contributed by atoms with Crippen molar-refractivity contribution in [3.8, 4) is 11.5 Å². The van der Waals surface area contributed by atoms with Gasteiger partial charge in [-0.3, -0.25) is 4.79 Å². The Morgan fingerprint density at radius 3 is 2.57 bits per heavy atom. The van der Waals surface area contributed by atoms with E-state index in [2.05, 4.69) is 15.2 Å². The lowest BCUT2D eigenvalue weighted by Crippen LogP contribution is -2.05. The summed E-state index contributed by atoms with van der Waals surface area (Å²) in [5.41, 5.74) is 0.293. The number of hydrogen-bond acceptors (Lipinski definition) is 5. The number of H-pyrrole nitrogens is 1. The molecule has 23 heavy (non-hydrogen) atoms. The molecular weight excluding hydrogens is 318 g/mol. The Morgan fingerprint density at radius 1 is 1.13 bits per heavy atom. The zero-order valence-electron chi connectivity index (χ0n) is 12.1. The highest BCUT2D eigenvalue weighted by molar-refractivity contribution is 6.31. The number of aromatic hydroxyl groups is 1. The van der Waals surface area contributed by atoms with Gasteiger partial charge in [-0.25, -0.2) is 0 Å². The van der Waals surface area contributed by atoms with Crippen LogP contribution in [0.5, 0.6) is 11.5 Å². The van der Waals surface area contributed by atoms with Crippen LogP contribution in [0.2, 0.25) is 5.02 Å². The lowest BCUT2D eigenvalue weighted by atomic mass is 10.2. The second kappa shape index (κ2) is 6.10. The highest BCUT2D eigenvalue weighted by Gasteiger charge is 2.11. The number of fused-ring (bicyclic) bond motifs is 1. The molecule has 3 rings (SSSR count). The van der Waals surface area contributed by atoms with Crippen molar-refractivity contribution in [2.75, 3.05) is 7.11 Å². The van der Waals surface area contributed by atoms with Gasteiger partial charge in [-0.1, -0.05) is 11.6 Å². The Hall–Kier alpha value is -2.86. The topological polar surface area (TPSA) is 87.0 Å². The van der Waals surface area contributed by atoms with E-state index in [-0.39, 0.29) is 11.4 Å².